The molecule has 23 heteroatoms. The average Bonchev–Trinajstić information content (AvgIpc) is 4.03. The van der Waals surface area contributed by atoms with Crippen LogP contribution in [0.25, 0.3) is 10.4 Å². The van der Waals surface area contributed by atoms with Gasteiger partial charge in [0.2, 0.25) is 23.6 Å². The highest BCUT2D eigenvalue weighted by Gasteiger charge is 2.44. The minimum Gasteiger partial charge on any atom is -0.391 e. The van der Waals surface area contributed by atoms with Crippen molar-refractivity contribution in [3.05, 3.63) is 94.5 Å². The van der Waals surface area contributed by atoms with Crippen molar-refractivity contribution < 1.29 is 57.9 Å². The molecule has 2 aromatic heterocycles. The first-order chi connectivity index (χ1) is 37.1. The van der Waals surface area contributed by atoms with Gasteiger partial charge in [-0.2, -0.15) is 0 Å². The Morgan fingerprint density at radius 2 is 1.48 bits per heavy atom. The predicted octanol–water partition coefficient (Wildman–Crippen LogP) is 1.57. The number of thiazole rings is 1. The predicted molar refractivity (Wildman–Crippen MR) is 286 cm³/mol. The maximum absolute atomic E-state index is 13.9. The number of carbonyl (C=O) groups excluding carboxylic acids is 5. The number of hydrogen-bond donors (Lipinski definition) is 6. The number of aliphatic hydroxyl groups excluding tert-OH is 2. The fourth-order valence-corrected chi connectivity index (χ4v) is 9.90. The summed E-state index contributed by atoms with van der Waals surface area (Å²) in [6, 6.07) is 15.8. The molecule has 418 valence electrons. The molecule has 77 heavy (non-hydrogen) atoms. The third-order valence-corrected chi connectivity index (χ3v) is 14.3. The number of amides is 5. The number of benzene rings is 2. The number of nitrogens with zero attached hydrogens (tertiary/aromatic N) is 6. The fourth-order valence-electron chi connectivity index (χ4n) is 9.09. The third kappa shape index (κ3) is 18.0. The molecule has 0 aliphatic carbocycles. The number of β-amino-alcohol motifs (C(OH)–C–C–N with tert-alkyl or cyclic N) is 2. The highest BCUT2D eigenvalue weighted by molar-refractivity contribution is 7.13. The minimum atomic E-state index is -0.981. The Kier molecular flexibility index (Phi) is 22.2. The number of aliphatic hydroxyl groups is 2. The van der Waals surface area contributed by atoms with Crippen LogP contribution < -0.4 is 21.3 Å². The van der Waals surface area contributed by atoms with Crippen LogP contribution in [0.1, 0.15) is 60.1 Å². The topological polar surface area (TPSA) is 268 Å². The third-order valence-electron chi connectivity index (χ3n) is 13.3. The van der Waals surface area contributed by atoms with E-state index in [2.05, 4.69) is 53.3 Å². The molecule has 0 bridgehead atoms. The molecule has 5 amide bonds. The summed E-state index contributed by atoms with van der Waals surface area (Å²) in [6.45, 7) is 12.4. The Labute approximate surface area is 453 Å². The SMILES string of the molecule is Cc1ncsc1-c1ccc(CNC(=O)[C@@H]2C[C@@H](O)CN2C(=O)[C@@H](NC(=O)COCCOCCOCCOCCOCC(=O)N2CC(Nc3cc(C(=O)NC[C@H](O)CN4CCc5ccccc5C4)ncn3)C2)C(C)(C)C)cc1. The number of aromatic nitrogens is 3. The summed E-state index contributed by atoms with van der Waals surface area (Å²) in [5.41, 5.74) is 6.75. The first-order valence-electron chi connectivity index (χ1n) is 26.2. The number of carbonyl (C=O) groups is 5. The summed E-state index contributed by atoms with van der Waals surface area (Å²) >= 11 is 1.57. The number of ether oxygens (including phenoxy) is 5. The van der Waals surface area contributed by atoms with Gasteiger partial charge in [-0.15, -0.1) is 11.3 Å². The van der Waals surface area contributed by atoms with Gasteiger partial charge in [0.15, 0.2) is 0 Å². The minimum absolute atomic E-state index is 0.0290. The van der Waals surface area contributed by atoms with Gasteiger partial charge in [-0.05, 0) is 41.0 Å². The van der Waals surface area contributed by atoms with Crippen molar-refractivity contribution in [3.8, 4) is 10.4 Å². The Hall–Kier alpha value is -6.02. The lowest BCUT2D eigenvalue weighted by Gasteiger charge is -2.39. The van der Waals surface area contributed by atoms with Crippen LogP contribution in [0.3, 0.4) is 0 Å². The van der Waals surface area contributed by atoms with E-state index in [1.807, 2.05) is 64.1 Å². The fraction of sp³-hybridized carbons (Fsp3) is 0.556. The second-order valence-corrected chi connectivity index (χ2v) is 21.3. The molecule has 4 aromatic rings. The van der Waals surface area contributed by atoms with Crippen LogP contribution in [0.15, 0.2) is 66.4 Å². The van der Waals surface area contributed by atoms with Crippen molar-refractivity contribution in [1.82, 2.24) is 45.6 Å². The zero-order chi connectivity index (χ0) is 54.7. The Morgan fingerprint density at radius 1 is 0.818 bits per heavy atom. The molecule has 0 saturated carbocycles. The quantitative estimate of drug-likeness (QED) is 0.0422. The smallest absolute Gasteiger partial charge is 0.270 e. The molecule has 5 heterocycles. The van der Waals surface area contributed by atoms with E-state index in [9.17, 15) is 34.2 Å². The monoisotopic (exact) mass is 1090 g/mol. The zero-order valence-electron chi connectivity index (χ0n) is 44.4. The Balaban J connectivity index is 0.665. The van der Waals surface area contributed by atoms with E-state index in [4.69, 9.17) is 23.7 Å². The molecule has 3 aliphatic rings. The van der Waals surface area contributed by atoms with Crippen LogP contribution in [0.4, 0.5) is 5.82 Å². The molecular weight excluding hydrogens is 1010 g/mol. The number of hydrogen-bond acceptors (Lipinski definition) is 18. The first-order valence-corrected chi connectivity index (χ1v) is 27.0. The van der Waals surface area contributed by atoms with Gasteiger partial charge in [0.25, 0.3) is 5.91 Å². The average molecular weight is 1090 g/mol. The van der Waals surface area contributed by atoms with Gasteiger partial charge in [0.1, 0.15) is 43.1 Å². The van der Waals surface area contributed by atoms with Gasteiger partial charge in [0.05, 0.1) is 87.2 Å². The molecule has 0 radical (unpaired) electrons. The number of fused-ring (bicyclic) bond motifs is 1. The van der Waals surface area contributed by atoms with Crippen molar-refractivity contribution >= 4 is 46.7 Å². The van der Waals surface area contributed by atoms with Crippen LogP contribution in [0.5, 0.6) is 0 Å². The van der Waals surface area contributed by atoms with E-state index >= 15 is 0 Å². The van der Waals surface area contributed by atoms with Crippen molar-refractivity contribution in [2.24, 2.45) is 5.41 Å². The van der Waals surface area contributed by atoms with Gasteiger partial charge in [0, 0.05) is 64.8 Å². The van der Waals surface area contributed by atoms with E-state index < -0.39 is 47.4 Å². The van der Waals surface area contributed by atoms with E-state index in [1.165, 1.54) is 22.4 Å². The van der Waals surface area contributed by atoms with Crippen molar-refractivity contribution in [2.45, 2.75) is 84.0 Å². The normalized spacial score (nSPS) is 17.5. The summed E-state index contributed by atoms with van der Waals surface area (Å²) < 4.78 is 27.6. The van der Waals surface area contributed by atoms with Crippen molar-refractivity contribution in [2.75, 3.05) is 111 Å². The van der Waals surface area contributed by atoms with E-state index in [0.717, 1.165) is 41.2 Å². The second kappa shape index (κ2) is 29.1. The molecule has 4 atom stereocenters. The van der Waals surface area contributed by atoms with Crippen LogP contribution in [0, 0.1) is 12.3 Å². The maximum Gasteiger partial charge on any atom is 0.270 e. The van der Waals surface area contributed by atoms with Crippen molar-refractivity contribution in [1.29, 1.82) is 0 Å². The molecular formula is C54H74N10O12S. The molecule has 7 rings (SSSR count). The number of aryl methyl sites for hydroxylation is 1. The first kappa shape index (κ1) is 58.7. The molecule has 0 unspecified atom stereocenters. The summed E-state index contributed by atoms with van der Waals surface area (Å²) in [4.78, 5) is 84.6. The van der Waals surface area contributed by atoms with Crippen LogP contribution in [-0.4, -0.2) is 205 Å². The lowest BCUT2D eigenvalue weighted by Crippen LogP contribution is -2.58. The summed E-state index contributed by atoms with van der Waals surface area (Å²) in [6.07, 6.45) is 0.707. The van der Waals surface area contributed by atoms with Crippen LogP contribution in [0.2, 0.25) is 0 Å². The molecule has 3 aliphatic heterocycles. The zero-order valence-corrected chi connectivity index (χ0v) is 45.3. The molecule has 0 spiro atoms. The number of rotatable bonds is 29. The summed E-state index contributed by atoms with van der Waals surface area (Å²) in [7, 11) is 0. The number of anilines is 1. The second-order valence-electron chi connectivity index (χ2n) is 20.4. The molecule has 2 saturated heterocycles. The highest BCUT2D eigenvalue weighted by atomic mass is 32.1. The van der Waals surface area contributed by atoms with Crippen molar-refractivity contribution in [3.63, 3.8) is 0 Å². The molecule has 6 N–H and O–H groups in total. The lowest BCUT2D eigenvalue weighted by atomic mass is 9.85. The highest BCUT2D eigenvalue weighted by Crippen LogP contribution is 2.29. The molecule has 2 fully saturated rings. The summed E-state index contributed by atoms with van der Waals surface area (Å²) in [5.74, 6) is -1.44. The maximum atomic E-state index is 13.9. The van der Waals surface area contributed by atoms with E-state index in [-0.39, 0.29) is 89.2 Å². The Bertz CT molecular complexity index is 2560. The van der Waals surface area contributed by atoms with Gasteiger partial charge < -0.3 is 65.0 Å². The lowest BCUT2D eigenvalue weighted by molar-refractivity contribution is -0.144. The van der Waals surface area contributed by atoms with E-state index in [1.54, 1.807) is 27.8 Å². The standard InChI is InChI=1S/C54H74N10O12S/c1-36-49(77-35-59-36)39-11-9-37(10-12-39)25-55-52(70)45-23-42(65)31-64(45)53(71)50(54(2,3)4)61-47(67)32-75-21-19-73-17-15-72-16-18-74-20-22-76-33-48(68)63-28-41(29-63)60-46-24-44(57-34-58-46)51(69)56-26-43(66)30-62-14-13-38-7-5-6-8-40(38)27-62/h5-12,24,34-35,41-43,45,50,65-66H,13-23,25-33H2,1-4H3,(H,55,70)(H,56,69)(H,61,67)(H,57,58,60)/t42-,43+,45+,50-/m1/s1. The van der Waals surface area contributed by atoms with Crippen LogP contribution in [-0.2, 0) is 62.4 Å². The van der Waals surface area contributed by atoms with Gasteiger partial charge >= 0.3 is 0 Å². The Morgan fingerprint density at radius 3 is 2.14 bits per heavy atom. The number of likely N-dealkylation sites (tertiary alicyclic amines) is 2. The summed E-state index contributed by atoms with van der Waals surface area (Å²) in [5, 5.41) is 32.8. The van der Waals surface area contributed by atoms with Gasteiger partial charge in [-0.3, -0.25) is 28.9 Å². The van der Waals surface area contributed by atoms with Gasteiger partial charge in [-0.1, -0.05) is 69.3 Å². The van der Waals surface area contributed by atoms with Gasteiger partial charge in [-0.25, -0.2) is 15.0 Å². The van der Waals surface area contributed by atoms with Crippen LogP contribution >= 0.6 is 11.3 Å². The number of nitrogens with one attached hydrogen (secondary N) is 4. The van der Waals surface area contributed by atoms with E-state index in [0.29, 0.717) is 51.9 Å². The molecule has 22 nitrogen and oxygen atoms in total. The molecule has 2 aromatic carbocycles. The largest absolute Gasteiger partial charge is 0.391 e.